The molecule has 2 rings (SSSR count). The summed E-state index contributed by atoms with van der Waals surface area (Å²) in [4.78, 5) is 14.6. The molecule has 0 aliphatic carbocycles. The van der Waals surface area contributed by atoms with Crippen LogP contribution in [0.5, 0.6) is 0 Å². The molecule has 1 aromatic heterocycles. The zero-order valence-electron chi connectivity index (χ0n) is 8.82. The lowest BCUT2D eigenvalue weighted by Gasteiger charge is -2.07. The number of hydrogen-bond acceptors (Lipinski definition) is 2. The van der Waals surface area contributed by atoms with Crippen LogP contribution in [-0.2, 0) is 0 Å². The Balaban J connectivity index is 2.59. The van der Waals surface area contributed by atoms with Gasteiger partial charge in [0.1, 0.15) is 5.69 Å². The van der Waals surface area contributed by atoms with Crippen molar-refractivity contribution in [3.63, 3.8) is 0 Å². The Hall–Kier alpha value is -1.29. The first-order chi connectivity index (χ1) is 8.50. The number of carboxylic acid groups (broad SMARTS) is 1. The third-order valence-corrected chi connectivity index (χ3v) is 3.62. The minimum absolute atomic E-state index is 0.0605. The predicted molar refractivity (Wildman–Crippen MR) is 71.7 cm³/mol. The summed E-state index contributed by atoms with van der Waals surface area (Å²) in [5.41, 5.74) is 1.16. The lowest BCUT2D eigenvalue weighted by molar-refractivity contribution is 0.0690. The average molecular weight is 303 g/mol. The van der Waals surface area contributed by atoms with Gasteiger partial charge in [-0.25, -0.2) is 9.78 Å². The van der Waals surface area contributed by atoms with E-state index in [4.69, 9.17) is 39.9 Å². The number of carbonyl (C=O) groups is 1. The molecule has 6 heteroatoms. The van der Waals surface area contributed by atoms with E-state index in [0.29, 0.717) is 16.1 Å². The van der Waals surface area contributed by atoms with Crippen molar-refractivity contribution in [1.29, 1.82) is 0 Å². The Morgan fingerprint density at radius 1 is 1.11 bits per heavy atom. The molecule has 3 nitrogen and oxygen atoms in total. The van der Waals surface area contributed by atoms with Crippen LogP contribution in [-0.4, -0.2) is 16.1 Å². The second-order valence-corrected chi connectivity index (χ2v) is 4.62. The van der Waals surface area contributed by atoms with Gasteiger partial charge >= 0.3 is 5.97 Å². The van der Waals surface area contributed by atoms with E-state index in [-0.39, 0.29) is 15.7 Å². The molecule has 0 atom stereocenters. The van der Waals surface area contributed by atoms with Gasteiger partial charge in [0.2, 0.25) is 0 Å². The fraction of sp³-hybridized carbons (Fsp3) is 0. The Bertz CT molecular complexity index is 629. The van der Waals surface area contributed by atoms with Gasteiger partial charge in [-0.1, -0.05) is 40.9 Å². The molecular weight excluding hydrogens is 296 g/mol. The van der Waals surface area contributed by atoms with Gasteiger partial charge < -0.3 is 5.11 Å². The SMILES string of the molecule is O=C(O)c1cc(-c2ccc(Cl)c(Cl)c2Cl)ccn1. The standard InChI is InChI=1S/C12H6Cl3NO2/c13-8-2-1-7(10(14)11(8)15)6-3-4-16-9(5-6)12(17)18/h1-5H,(H,17,18). The van der Waals surface area contributed by atoms with Crippen molar-refractivity contribution in [2.45, 2.75) is 0 Å². The van der Waals surface area contributed by atoms with Gasteiger partial charge in [0, 0.05) is 11.8 Å². The van der Waals surface area contributed by atoms with E-state index in [9.17, 15) is 4.79 Å². The molecule has 92 valence electrons. The summed E-state index contributed by atoms with van der Waals surface area (Å²) in [5.74, 6) is -1.10. The summed E-state index contributed by atoms with van der Waals surface area (Å²) < 4.78 is 0. The fourth-order valence-electron chi connectivity index (χ4n) is 1.46. The number of nitrogens with zero attached hydrogens (tertiary/aromatic N) is 1. The average Bonchev–Trinajstić information content (AvgIpc) is 2.36. The molecule has 0 aliphatic rings. The maximum atomic E-state index is 10.8. The highest BCUT2D eigenvalue weighted by atomic mass is 35.5. The van der Waals surface area contributed by atoms with Gasteiger partial charge in [-0.05, 0) is 23.8 Å². The molecule has 0 aliphatic heterocycles. The van der Waals surface area contributed by atoms with E-state index in [1.165, 1.54) is 12.3 Å². The smallest absolute Gasteiger partial charge is 0.354 e. The highest BCUT2D eigenvalue weighted by Gasteiger charge is 2.12. The first-order valence-electron chi connectivity index (χ1n) is 4.84. The van der Waals surface area contributed by atoms with E-state index in [0.717, 1.165) is 0 Å². The Morgan fingerprint density at radius 3 is 2.50 bits per heavy atom. The molecule has 0 amide bonds. The highest BCUT2D eigenvalue weighted by molar-refractivity contribution is 6.49. The lowest BCUT2D eigenvalue weighted by Crippen LogP contribution is -1.99. The number of halogens is 3. The summed E-state index contributed by atoms with van der Waals surface area (Å²) in [7, 11) is 0. The van der Waals surface area contributed by atoms with Gasteiger partial charge in [-0.2, -0.15) is 0 Å². The minimum atomic E-state index is -1.10. The molecule has 1 aromatic carbocycles. The highest BCUT2D eigenvalue weighted by Crippen LogP contribution is 2.37. The van der Waals surface area contributed by atoms with Crippen LogP contribution in [0.2, 0.25) is 15.1 Å². The number of aromatic carboxylic acids is 1. The number of aromatic nitrogens is 1. The first kappa shape index (κ1) is 13.1. The molecular formula is C12H6Cl3NO2. The third kappa shape index (κ3) is 2.43. The summed E-state index contributed by atoms with van der Waals surface area (Å²) in [6, 6.07) is 6.36. The predicted octanol–water partition coefficient (Wildman–Crippen LogP) is 4.41. The van der Waals surface area contributed by atoms with Crippen LogP contribution < -0.4 is 0 Å². The van der Waals surface area contributed by atoms with Crippen LogP contribution in [0.3, 0.4) is 0 Å². The van der Waals surface area contributed by atoms with Crippen LogP contribution >= 0.6 is 34.8 Å². The Labute approximate surface area is 118 Å². The summed E-state index contributed by atoms with van der Waals surface area (Å²) in [6.45, 7) is 0. The van der Waals surface area contributed by atoms with Crippen molar-refractivity contribution in [3.8, 4) is 11.1 Å². The van der Waals surface area contributed by atoms with Crippen molar-refractivity contribution in [3.05, 3.63) is 51.2 Å². The van der Waals surface area contributed by atoms with Crippen molar-refractivity contribution >= 4 is 40.8 Å². The molecule has 0 fully saturated rings. The molecule has 0 bridgehead atoms. The van der Waals surface area contributed by atoms with Crippen molar-refractivity contribution < 1.29 is 9.90 Å². The van der Waals surface area contributed by atoms with Gasteiger partial charge in [0.05, 0.1) is 15.1 Å². The molecule has 0 unspecified atom stereocenters. The zero-order chi connectivity index (χ0) is 13.3. The molecule has 1 N–H and O–H groups in total. The summed E-state index contributed by atoms with van der Waals surface area (Å²) in [6.07, 6.45) is 1.40. The van der Waals surface area contributed by atoms with E-state index < -0.39 is 5.97 Å². The first-order valence-corrected chi connectivity index (χ1v) is 5.97. The fourth-order valence-corrected chi connectivity index (χ4v) is 2.11. The molecule has 0 saturated heterocycles. The van der Waals surface area contributed by atoms with Crippen LogP contribution in [0.1, 0.15) is 10.5 Å². The van der Waals surface area contributed by atoms with E-state index in [1.807, 2.05) is 0 Å². The number of hydrogen-bond donors (Lipinski definition) is 1. The van der Waals surface area contributed by atoms with Crippen molar-refractivity contribution in [2.75, 3.05) is 0 Å². The molecule has 18 heavy (non-hydrogen) atoms. The quantitative estimate of drug-likeness (QED) is 0.836. The lowest BCUT2D eigenvalue weighted by atomic mass is 10.1. The van der Waals surface area contributed by atoms with Gasteiger partial charge in [0.25, 0.3) is 0 Å². The topological polar surface area (TPSA) is 50.2 Å². The maximum Gasteiger partial charge on any atom is 0.354 e. The van der Waals surface area contributed by atoms with Crippen LogP contribution in [0.15, 0.2) is 30.5 Å². The number of carboxylic acids is 1. The molecule has 0 spiro atoms. The number of pyridine rings is 1. The molecule has 0 saturated carbocycles. The monoisotopic (exact) mass is 301 g/mol. The van der Waals surface area contributed by atoms with Gasteiger partial charge in [-0.3, -0.25) is 0 Å². The second-order valence-electron chi connectivity index (χ2n) is 3.46. The van der Waals surface area contributed by atoms with Crippen molar-refractivity contribution in [2.24, 2.45) is 0 Å². The normalized spacial score (nSPS) is 10.4. The van der Waals surface area contributed by atoms with E-state index in [2.05, 4.69) is 4.98 Å². The molecule has 2 aromatic rings. The minimum Gasteiger partial charge on any atom is -0.477 e. The van der Waals surface area contributed by atoms with Crippen LogP contribution in [0.25, 0.3) is 11.1 Å². The Morgan fingerprint density at radius 2 is 1.83 bits per heavy atom. The number of rotatable bonds is 2. The van der Waals surface area contributed by atoms with Crippen molar-refractivity contribution in [1.82, 2.24) is 4.98 Å². The zero-order valence-corrected chi connectivity index (χ0v) is 11.1. The number of benzene rings is 1. The maximum absolute atomic E-state index is 10.8. The van der Waals surface area contributed by atoms with E-state index in [1.54, 1.807) is 18.2 Å². The summed E-state index contributed by atoms with van der Waals surface area (Å²) in [5, 5.41) is 9.75. The largest absolute Gasteiger partial charge is 0.477 e. The Kier molecular flexibility index (Phi) is 3.76. The van der Waals surface area contributed by atoms with Crippen LogP contribution in [0, 0.1) is 0 Å². The third-order valence-electron chi connectivity index (χ3n) is 2.33. The second kappa shape index (κ2) is 5.14. The van der Waals surface area contributed by atoms with Gasteiger partial charge in [-0.15, -0.1) is 0 Å². The molecule has 0 radical (unpaired) electrons. The van der Waals surface area contributed by atoms with E-state index >= 15 is 0 Å². The van der Waals surface area contributed by atoms with Gasteiger partial charge in [0.15, 0.2) is 0 Å². The molecule has 1 heterocycles. The summed E-state index contributed by atoms with van der Waals surface area (Å²) >= 11 is 17.9. The van der Waals surface area contributed by atoms with Crippen LogP contribution in [0.4, 0.5) is 0 Å².